The lowest BCUT2D eigenvalue weighted by molar-refractivity contribution is 0.528. The third kappa shape index (κ3) is 3.16. The molecule has 18 heavy (non-hydrogen) atoms. The van der Waals surface area contributed by atoms with Crippen molar-refractivity contribution in [3.05, 3.63) is 27.4 Å². The van der Waals surface area contributed by atoms with Crippen LogP contribution in [-0.2, 0) is 0 Å². The summed E-state index contributed by atoms with van der Waals surface area (Å²) in [5.41, 5.74) is 0.903. The summed E-state index contributed by atoms with van der Waals surface area (Å²) >= 11 is 9.59. The van der Waals surface area contributed by atoms with Gasteiger partial charge in [-0.3, -0.25) is 0 Å². The zero-order valence-corrected chi connectivity index (χ0v) is 12.7. The highest BCUT2D eigenvalue weighted by Crippen LogP contribution is 2.35. The van der Waals surface area contributed by atoms with E-state index in [1.807, 2.05) is 0 Å². The summed E-state index contributed by atoms with van der Waals surface area (Å²) in [6.45, 7) is 5.03. The van der Waals surface area contributed by atoms with Gasteiger partial charge >= 0.3 is 0 Å². The van der Waals surface area contributed by atoms with Gasteiger partial charge in [-0.25, -0.2) is 4.39 Å². The lowest BCUT2D eigenvalue weighted by atomic mass is 10.2. The Balaban J connectivity index is 2.29. The molecule has 0 saturated carbocycles. The quantitative estimate of drug-likeness (QED) is 0.884. The minimum absolute atomic E-state index is 0.310. The average Bonchev–Trinajstić information content (AvgIpc) is 2.53. The van der Waals surface area contributed by atoms with Crippen molar-refractivity contribution in [3.63, 3.8) is 0 Å². The molecule has 1 unspecified atom stereocenters. The van der Waals surface area contributed by atoms with Crippen LogP contribution >= 0.6 is 27.5 Å². The van der Waals surface area contributed by atoms with E-state index in [-0.39, 0.29) is 5.82 Å². The molecule has 0 aliphatic carbocycles. The van der Waals surface area contributed by atoms with Gasteiger partial charge in [-0.2, -0.15) is 0 Å². The van der Waals surface area contributed by atoms with Gasteiger partial charge in [-0.1, -0.05) is 18.5 Å². The van der Waals surface area contributed by atoms with E-state index in [1.165, 1.54) is 12.1 Å². The van der Waals surface area contributed by atoms with Crippen molar-refractivity contribution in [1.29, 1.82) is 0 Å². The molecule has 1 atom stereocenters. The molecule has 0 radical (unpaired) electrons. The number of nitrogens with zero attached hydrogens (tertiary/aromatic N) is 1. The van der Waals surface area contributed by atoms with Crippen LogP contribution in [0.5, 0.6) is 0 Å². The van der Waals surface area contributed by atoms with Gasteiger partial charge in [-0.05, 0) is 47.4 Å². The van der Waals surface area contributed by atoms with Crippen molar-refractivity contribution in [3.8, 4) is 0 Å². The first-order valence-corrected chi connectivity index (χ1v) is 7.41. The van der Waals surface area contributed by atoms with E-state index in [1.54, 1.807) is 0 Å². The number of hydrogen-bond acceptors (Lipinski definition) is 2. The second-order valence-corrected chi connectivity index (χ2v) is 5.84. The van der Waals surface area contributed by atoms with Crippen LogP contribution in [0, 0.1) is 5.82 Å². The van der Waals surface area contributed by atoms with Gasteiger partial charge < -0.3 is 10.2 Å². The predicted molar refractivity (Wildman–Crippen MR) is 78.0 cm³/mol. The van der Waals surface area contributed by atoms with Crippen molar-refractivity contribution in [2.24, 2.45) is 0 Å². The zero-order chi connectivity index (χ0) is 13.1. The van der Waals surface area contributed by atoms with Crippen LogP contribution in [0.3, 0.4) is 0 Å². The Bertz CT molecular complexity index is 404. The molecule has 1 N–H and O–H groups in total. The summed E-state index contributed by atoms with van der Waals surface area (Å²) in [4.78, 5) is 2.24. The Kier molecular flexibility index (Phi) is 4.87. The van der Waals surface area contributed by atoms with Crippen LogP contribution in [0.1, 0.15) is 19.8 Å². The fraction of sp³-hybridized carbons (Fsp3) is 0.538. The third-order valence-corrected chi connectivity index (χ3v) is 4.16. The van der Waals surface area contributed by atoms with E-state index in [0.29, 0.717) is 11.1 Å². The number of halogens is 3. The molecule has 2 nitrogen and oxygen atoms in total. The molecule has 1 fully saturated rings. The summed E-state index contributed by atoms with van der Waals surface area (Å²) in [7, 11) is 0. The van der Waals surface area contributed by atoms with Crippen molar-refractivity contribution < 1.29 is 4.39 Å². The largest absolute Gasteiger partial charge is 0.368 e. The van der Waals surface area contributed by atoms with E-state index in [0.717, 1.165) is 42.6 Å². The number of nitrogens with one attached hydrogen (secondary N) is 1. The lowest BCUT2D eigenvalue weighted by Gasteiger charge is -2.27. The van der Waals surface area contributed by atoms with Crippen LogP contribution in [0.25, 0.3) is 0 Å². The minimum Gasteiger partial charge on any atom is -0.368 e. The van der Waals surface area contributed by atoms with Crippen LogP contribution in [0.4, 0.5) is 10.1 Å². The minimum atomic E-state index is -0.310. The molecule has 0 amide bonds. The van der Waals surface area contributed by atoms with Crippen LogP contribution < -0.4 is 10.2 Å². The highest BCUT2D eigenvalue weighted by Gasteiger charge is 2.20. The van der Waals surface area contributed by atoms with Crippen molar-refractivity contribution in [2.45, 2.75) is 25.8 Å². The molecule has 0 spiro atoms. The molecule has 1 aliphatic rings. The number of rotatable bonds is 2. The lowest BCUT2D eigenvalue weighted by Crippen LogP contribution is -2.37. The van der Waals surface area contributed by atoms with Crippen molar-refractivity contribution in [2.75, 3.05) is 24.5 Å². The van der Waals surface area contributed by atoms with E-state index in [9.17, 15) is 4.39 Å². The van der Waals surface area contributed by atoms with E-state index in [4.69, 9.17) is 11.6 Å². The number of benzene rings is 1. The summed E-state index contributed by atoms with van der Waals surface area (Å²) in [5.74, 6) is -0.310. The van der Waals surface area contributed by atoms with Gasteiger partial charge in [0, 0.05) is 23.6 Å². The van der Waals surface area contributed by atoms with Crippen molar-refractivity contribution in [1.82, 2.24) is 5.32 Å². The third-order valence-electron chi connectivity index (χ3n) is 3.27. The standard InChI is InChI=1S/C13H17BrClFN2/c1-2-10-8-18(5-3-4-17-10)13-11(14)6-9(16)7-12(13)15/h6-7,10,17H,2-5,8H2,1H3. The Morgan fingerprint density at radius 1 is 1.56 bits per heavy atom. The maximum Gasteiger partial charge on any atom is 0.125 e. The Morgan fingerprint density at radius 3 is 3.00 bits per heavy atom. The highest BCUT2D eigenvalue weighted by atomic mass is 79.9. The van der Waals surface area contributed by atoms with Gasteiger partial charge in [0.2, 0.25) is 0 Å². The highest BCUT2D eigenvalue weighted by molar-refractivity contribution is 9.10. The van der Waals surface area contributed by atoms with Crippen LogP contribution in [0.15, 0.2) is 16.6 Å². The molecule has 5 heteroatoms. The maximum atomic E-state index is 13.3. The van der Waals surface area contributed by atoms with Gasteiger partial charge in [0.15, 0.2) is 0 Å². The molecule has 1 aliphatic heterocycles. The predicted octanol–water partition coefficient (Wildman–Crippen LogP) is 3.82. The fourth-order valence-electron chi connectivity index (χ4n) is 2.31. The molecule has 1 saturated heterocycles. The fourth-order valence-corrected chi connectivity index (χ4v) is 3.43. The molecular formula is C13H17BrClFN2. The topological polar surface area (TPSA) is 15.3 Å². The molecular weight excluding hydrogens is 319 g/mol. The monoisotopic (exact) mass is 334 g/mol. The van der Waals surface area contributed by atoms with Gasteiger partial charge in [-0.15, -0.1) is 0 Å². The Labute approximate surface area is 121 Å². The smallest absolute Gasteiger partial charge is 0.125 e. The van der Waals surface area contributed by atoms with Crippen LogP contribution in [0.2, 0.25) is 5.02 Å². The Hall–Kier alpha value is -0.320. The van der Waals surface area contributed by atoms with E-state index < -0.39 is 0 Å². The second kappa shape index (κ2) is 6.22. The molecule has 0 bridgehead atoms. The summed E-state index contributed by atoms with van der Waals surface area (Å²) in [5, 5.41) is 3.98. The first kappa shape index (κ1) is 14.1. The number of anilines is 1. The van der Waals surface area contributed by atoms with Gasteiger partial charge in [0.1, 0.15) is 5.82 Å². The molecule has 2 rings (SSSR count). The van der Waals surface area contributed by atoms with E-state index >= 15 is 0 Å². The van der Waals surface area contributed by atoms with E-state index in [2.05, 4.69) is 33.1 Å². The zero-order valence-electron chi connectivity index (χ0n) is 10.3. The molecule has 0 aromatic heterocycles. The molecule has 1 aromatic rings. The SMILES string of the molecule is CCC1CN(c2c(Cl)cc(F)cc2Br)CCCN1. The van der Waals surface area contributed by atoms with Gasteiger partial charge in [0.25, 0.3) is 0 Å². The first-order valence-electron chi connectivity index (χ1n) is 6.24. The average molecular weight is 336 g/mol. The van der Waals surface area contributed by atoms with Crippen LogP contribution in [-0.4, -0.2) is 25.7 Å². The normalized spacial score (nSPS) is 20.9. The summed E-state index contributed by atoms with van der Waals surface area (Å²) < 4.78 is 14.0. The summed E-state index contributed by atoms with van der Waals surface area (Å²) in [6.07, 6.45) is 2.14. The molecule has 100 valence electrons. The first-order chi connectivity index (χ1) is 8.61. The van der Waals surface area contributed by atoms with Crippen molar-refractivity contribution >= 4 is 33.2 Å². The Morgan fingerprint density at radius 2 is 2.33 bits per heavy atom. The second-order valence-electron chi connectivity index (χ2n) is 4.58. The maximum absolute atomic E-state index is 13.3. The number of hydrogen-bond donors (Lipinski definition) is 1. The molecule has 1 heterocycles. The summed E-state index contributed by atoms with van der Waals surface area (Å²) in [6, 6.07) is 3.31. The van der Waals surface area contributed by atoms with Gasteiger partial charge in [0.05, 0.1) is 10.7 Å². The molecule has 1 aromatic carbocycles.